The molecule has 1 atom stereocenters. The van der Waals surface area contributed by atoms with Crippen LogP contribution in [0.4, 0.5) is 5.95 Å². The van der Waals surface area contributed by atoms with Crippen molar-refractivity contribution in [3.05, 3.63) is 60.2 Å². The van der Waals surface area contributed by atoms with Crippen LogP contribution >= 0.6 is 0 Å². The molecule has 0 aliphatic carbocycles. The van der Waals surface area contributed by atoms with E-state index in [-0.39, 0.29) is 17.9 Å². The number of ether oxygens (including phenoxy) is 1. The van der Waals surface area contributed by atoms with E-state index in [2.05, 4.69) is 30.7 Å². The van der Waals surface area contributed by atoms with Crippen LogP contribution in [-0.4, -0.2) is 59.7 Å². The lowest BCUT2D eigenvalue weighted by atomic mass is 10.1. The van der Waals surface area contributed by atoms with Gasteiger partial charge in [-0.05, 0) is 18.1 Å². The highest BCUT2D eigenvalue weighted by molar-refractivity contribution is 6.01. The van der Waals surface area contributed by atoms with Crippen LogP contribution in [0, 0.1) is 0 Å². The van der Waals surface area contributed by atoms with E-state index in [9.17, 15) is 4.79 Å². The van der Waals surface area contributed by atoms with Gasteiger partial charge in [-0.15, -0.1) is 5.10 Å². The van der Waals surface area contributed by atoms with E-state index in [0.29, 0.717) is 31.0 Å². The highest BCUT2D eigenvalue weighted by atomic mass is 16.5. The van der Waals surface area contributed by atoms with Crippen molar-refractivity contribution in [2.45, 2.75) is 19.0 Å². The Morgan fingerprint density at radius 1 is 1.27 bits per heavy atom. The number of nitrogens with one attached hydrogen (secondary N) is 2. The lowest BCUT2D eigenvalue weighted by Crippen LogP contribution is -2.35. The first kappa shape index (κ1) is 19.4. The molecule has 5 aromatic rings. The van der Waals surface area contributed by atoms with Crippen LogP contribution in [-0.2, 0) is 11.3 Å². The van der Waals surface area contributed by atoms with E-state index in [4.69, 9.17) is 10.5 Å². The molecule has 0 radical (unpaired) electrons. The molecular weight excluding hydrogens is 422 g/mol. The molecule has 11 heteroatoms. The Hall–Kier alpha value is -4.25. The first-order valence-electron chi connectivity index (χ1n) is 10.6. The summed E-state index contributed by atoms with van der Waals surface area (Å²) in [5.41, 5.74) is 10.3. The number of aromatic nitrogens is 7. The summed E-state index contributed by atoms with van der Waals surface area (Å²) in [7, 11) is 0. The molecule has 0 bridgehead atoms. The van der Waals surface area contributed by atoms with E-state index >= 15 is 0 Å². The van der Waals surface area contributed by atoms with Gasteiger partial charge >= 0.3 is 0 Å². The van der Waals surface area contributed by atoms with Gasteiger partial charge in [0.15, 0.2) is 5.65 Å². The summed E-state index contributed by atoms with van der Waals surface area (Å²) in [6.45, 7) is 1.73. The maximum atomic E-state index is 13.0. The minimum Gasteiger partial charge on any atom is -0.379 e. The Morgan fingerprint density at radius 2 is 2.21 bits per heavy atom. The van der Waals surface area contributed by atoms with Crippen LogP contribution in [0.5, 0.6) is 0 Å². The number of nitrogens with zero attached hydrogens (tertiary/aromatic N) is 6. The van der Waals surface area contributed by atoms with E-state index in [1.54, 1.807) is 24.7 Å². The molecule has 6 rings (SSSR count). The maximum absolute atomic E-state index is 13.0. The second kappa shape index (κ2) is 7.71. The summed E-state index contributed by atoms with van der Waals surface area (Å²) in [6.07, 6.45) is 8.08. The summed E-state index contributed by atoms with van der Waals surface area (Å²) < 4.78 is 8.75. The largest absolute Gasteiger partial charge is 0.379 e. The van der Waals surface area contributed by atoms with Crippen molar-refractivity contribution in [3.8, 4) is 11.1 Å². The molecule has 1 amide bonds. The molecule has 4 aromatic heterocycles. The number of fused-ring (bicyclic) bond motifs is 2. The molecule has 11 nitrogen and oxygen atoms in total. The van der Waals surface area contributed by atoms with Gasteiger partial charge in [0, 0.05) is 35.5 Å². The SMILES string of the molecule is Nc1nc2c(C(=O)N[C@H]3CCOC3)cc(-c3cnn(Cc4cccc5cn[nH]c45)c3)cn2n1. The normalized spacial score (nSPS) is 16.1. The van der Waals surface area contributed by atoms with Gasteiger partial charge < -0.3 is 15.8 Å². The van der Waals surface area contributed by atoms with Gasteiger partial charge in [0.05, 0.1) is 42.7 Å². The lowest BCUT2D eigenvalue weighted by molar-refractivity contribution is 0.0931. The first-order valence-corrected chi connectivity index (χ1v) is 10.6. The number of carbonyl (C=O) groups is 1. The number of amides is 1. The quantitative estimate of drug-likeness (QED) is 0.375. The number of hydrogen-bond donors (Lipinski definition) is 3. The number of pyridine rings is 1. The standard InChI is InChI=1S/C22H21N9O2/c23-22-27-20-18(21(32)26-17-4-5-33-12-17)6-15(11-31(20)29-22)16-8-25-30(10-16)9-14-3-1-2-13-7-24-28-19(13)14/h1-3,6-8,10-11,17H,4-5,9,12H2,(H2,23,29)(H,24,28)(H,26,32)/t17-/m0/s1. The molecule has 4 N–H and O–H groups in total. The number of aromatic amines is 1. The molecule has 0 spiro atoms. The molecular formula is C22H21N9O2. The predicted molar refractivity (Wildman–Crippen MR) is 121 cm³/mol. The number of rotatable bonds is 5. The van der Waals surface area contributed by atoms with E-state index < -0.39 is 0 Å². The lowest BCUT2D eigenvalue weighted by Gasteiger charge is -2.12. The average Bonchev–Trinajstić information content (AvgIpc) is 3.59. The maximum Gasteiger partial charge on any atom is 0.255 e. The van der Waals surface area contributed by atoms with Gasteiger partial charge in [0.1, 0.15) is 0 Å². The van der Waals surface area contributed by atoms with Crippen LogP contribution in [0.1, 0.15) is 22.3 Å². The monoisotopic (exact) mass is 443 g/mol. The summed E-state index contributed by atoms with van der Waals surface area (Å²) in [4.78, 5) is 17.3. The van der Waals surface area contributed by atoms with Crippen LogP contribution < -0.4 is 11.1 Å². The molecule has 1 saturated heterocycles. The topological polar surface area (TPSA) is 141 Å². The average molecular weight is 443 g/mol. The summed E-state index contributed by atoms with van der Waals surface area (Å²) in [6, 6.07) is 7.84. The molecule has 1 aliphatic rings. The predicted octanol–water partition coefficient (Wildman–Crippen LogP) is 1.62. The second-order valence-corrected chi connectivity index (χ2v) is 8.09. The third kappa shape index (κ3) is 3.57. The van der Waals surface area contributed by atoms with Gasteiger partial charge in [0.25, 0.3) is 5.91 Å². The summed E-state index contributed by atoms with van der Waals surface area (Å²) in [5.74, 6) is -0.128. The molecule has 0 saturated carbocycles. The van der Waals surface area contributed by atoms with Crippen molar-refractivity contribution in [2.24, 2.45) is 0 Å². The second-order valence-electron chi connectivity index (χ2n) is 8.09. The van der Waals surface area contributed by atoms with E-state index in [0.717, 1.165) is 34.0 Å². The number of nitrogens with two attached hydrogens (primary N) is 1. The van der Waals surface area contributed by atoms with Crippen molar-refractivity contribution >= 4 is 28.4 Å². The molecule has 0 unspecified atom stereocenters. The zero-order chi connectivity index (χ0) is 22.4. The van der Waals surface area contributed by atoms with Crippen LogP contribution in [0.3, 0.4) is 0 Å². The number of H-pyrrole nitrogens is 1. The number of hydrogen-bond acceptors (Lipinski definition) is 7. The Balaban J connectivity index is 1.34. The third-order valence-corrected chi connectivity index (χ3v) is 5.82. The number of nitrogen functional groups attached to an aromatic ring is 1. The van der Waals surface area contributed by atoms with E-state index in [1.165, 1.54) is 4.52 Å². The fourth-order valence-electron chi connectivity index (χ4n) is 4.17. The number of carbonyl (C=O) groups excluding carboxylic acids is 1. The van der Waals surface area contributed by atoms with Crippen molar-refractivity contribution in [3.63, 3.8) is 0 Å². The van der Waals surface area contributed by atoms with Crippen molar-refractivity contribution in [1.82, 2.24) is 39.9 Å². The summed E-state index contributed by atoms with van der Waals surface area (Å²) >= 11 is 0. The van der Waals surface area contributed by atoms with Gasteiger partial charge in [-0.2, -0.15) is 15.2 Å². The fraction of sp³-hybridized carbons (Fsp3) is 0.227. The smallest absolute Gasteiger partial charge is 0.255 e. The fourth-order valence-corrected chi connectivity index (χ4v) is 4.17. The van der Waals surface area contributed by atoms with E-state index in [1.807, 2.05) is 29.1 Å². The minimum atomic E-state index is -0.233. The van der Waals surface area contributed by atoms with Gasteiger partial charge in [-0.1, -0.05) is 18.2 Å². The van der Waals surface area contributed by atoms with Crippen LogP contribution in [0.25, 0.3) is 27.7 Å². The van der Waals surface area contributed by atoms with Crippen LogP contribution in [0.2, 0.25) is 0 Å². The molecule has 1 aromatic carbocycles. The highest BCUT2D eigenvalue weighted by Crippen LogP contribution is 2.24. The Bertz CT molecular complexity index is 1480. The minimum absolute atomic E-state index is 0.0191. The molecule has 5 heterocycles. The van der Waals surface area contributed by atoms with Gasteiger partial charge in [-0.25, -0.2) is 4.52 Å². The van der Waals surface area contributed by atoms with Crippen molar-refractivity contribution < 1.29 is 9.53 Å². The summed E-state index contributed by atoms with van der Waals surface area (Å²) in [5, 5.41) is 20.0. The zero-order valence-corrected chi connectivity index (χ0v) is 17.6. The highest BCUT2D eigenvalue weighted by Gasteiger charge is 2.22. The molecule has 1 aliphatic heterocycles. The first-order chi connectivity index (χ1) is 16.1. The van der Waals surface area contributed by atoms with Gasteiger partial charge in [0.2, 0.25) is 5.95 Å². The van der Waals surface area contributed by atoms with Crippen molar-refractivity contribution in [2.75, 3.05) is 18.9 Å². The number of benzene rings is 1. The Labute approximate surface area is 187 Å². The van der Waals surface area contributed by atoms with Crippen LogP contribution in [0.15, 0.2) is 49.1 Å². The zero-order valence-electron chi connectivity index (χ0n) is 17.6. The van der Waals surface area contributed by atoms with Crippen molar-refractivity contribution in [1.29, 1.82) is 0 Å². The molecule has 33 heavy (non-hydrogen) atoms. The number of para-hydroxylation sites is 1. The van der Waals surface area contributed by atoms with Gasteiger partial charge in [-0.3, -0.25) is 14.6 Å². The molecule has 166 valence electrons. The Morgan fingerprint density at radius 3 is 3.09 bits per heavy atom. The molecule has 1 fully saturated rings. The Kier molecular flexibility index (Phi) is 4.54. The third-order valence-electron chi connectivity index (χ3n) is 5.82. The number of anilines is 1.